The normalized spacial score (nSPS) is 11.9. The van der Waals surface area contributed by atoms with Gasteiger partial charge in [-0.3, -0.25) is 4.89 Å². The minimum absolute atomic E-state index is 0.224. The molecule has 7 heteroatoms. The van der Waals surface area contributed by atoms with Crippen LogP contribution >= 0.6 is 7.82 Å². The lowest BCUT2D eigenvalue weighted by Crippen LogP contribution is -1.99. The molecule has 0 unspecified atom stereocenters. The molecule has 0 aromatic carbocycles. The first kappa shape index (κ1) is 13.0. The zero-order valence-electron chi connectivity index (χ0n) is 7.76. The van der Waals surface area contributed by atoms with Gasteiger partial charge in [-0.05, 0) is 12.8 Å². The second kappa shape index (κ2) is 7.44. The van der Waals surface area contributed by atoms with E-state index >= 15 is 0 Å². The molecule has 0 spiro atoms. The molecule has 13 heavy (non-hydrogen) atoms. The fourth-order valence-electron chi connectivity index (χ4n) is 0.387. The van der Waals surface area contributed by atoms with Gasteiger partial charge in [-0.1, -0.05) is 13.8 Å². The Bertz CT molecular complexity index is 147. The van der Waals surface area contributed by atoms with Gasteiger partial charge in [-0.25, -0.2) is 14.3 Å². The van der Waals surface area contributed by atoms with Crippen LogP contribution in [0.2, 0.25) is 0 Å². The summed E-state index contributed by atoms with van der Waals surface area (Å²) in [6, 6.07) is 0. The van der Waals surface area contributed by atoms with Crippen LogP contribution in [0.15, 0.2) is 0 Å². The van der Waals surface area contributed by atoms with E-state index in [1.54, 1.807) is 0 Å². The van der Waals surface area contributed by atoms with E-state index in [0.29, 0.717) is 12.8 Å². The van der Waals surface area contributed by atoms with Crippen molar-refractivity contribution >= 4 is 7.82 Å². The molecular formula is C6H15O6P. The fraction of sp³-hybridized carbons (Fsp3) is 1.00. The van der Waals surface area contributed by atoms with Gasteiger partial charge in [-0.15, -0.1) is 9.35 Å². The van der Waals surface area contributed by atoms with Gasteiger partial charge in [0.2, 0.25) is 0 Å². The molecule has 0 aliphatic carbocycles. The van der Waals surface area contributed by atoms with E-state index in [9.17, 15) is 4.57 Å². The molecule has 0 aromatic rings. The Labute approximate surface area is 77.2 Å². The quantitative estimate of drug-likeness (QED) is 0.287. The Morgan fingerprint density at radius 3 is 1.77 bits per heavy atom. The third-order valence-corrected chi connectivity index (χ3v) is 1.46. The molecule has 1 N–H and O–H groups in total. The van der Waals surface area contributed by atoms with Gasteiger partial charge >= 0.3 is 7.82 Å². The average molecular weight is 214 g/mol. The lowest BCUT2D eigenvalue weighted by atomic mass is 10.5. The maximum atomic E-state index is 10.8. The van der Waals surface area contributed by atoms with Crippen LogP contribution in [0.1, 0.15) is 26.7 Å². The molecule has 0 saturated heterocycles. The molecule has 0 atom stereocenters. The molecule has 0 amide bonds. The van der Waals surface area contributed by atoms with Crippen LogP contribution < -0.4 is 0 Å². The summed E-state index contributed by atoms with van der Waals surface area (Å²) < 4.78 is 19.0. The van der Waals surface area contributed by atoms with Crippen molar-refractivity contribution in [3.63, 3.8) is 0 Å². The topological polar surface area (TPSA) is 74.2 Å². The van der Waals surface area contributed by atoms with Crippen LogP contribution in [0.4, 0.5) is 0 Å². The van der Waals surface area contributed by atoms with E-state index in [1.165, 1.54) is 0 Å². The number of phosphoric acid groups is 1. The van der Waals surface area contributed by atoms with Crippen LogP contribution in [-0.2, 0) is 23.7 Å². The van der Waals surface area contributed by atoms with Gasteiger partial charge in [0.25, 0.3) is 0 Å². The summed E-state index contributed by atoms with van der Waals surface area (Å²) in [6.45, 7) is 4.11. The van der Waals surface area contributed by atoms with E-state index in [-0.39, 0.29) is 13.2 Å². The Morgan fingerprint density at radius 1 is 1.08 bits per heavy atom. The molecule has 0 aliphatic rings. The second-order valence-electron chi connectivity index (χ2n) is 2.26. The maximum absolute atomic E-state index is 10.8. The average Bonchev–Trinajstić information content (AvgIpc) is 2.05. The number of hydrogen-bond donors (Lipinski definition) is 1. The third-order valence-electron chi connectivity index (χ3n) is 0.869. The molecule has 0 aliphatic heterocycles. The zero-order valence-corrected chi connectivity index (χ0v) is 8.66. The van der Waals surface area contributed by atoms with Crippen LogP contribution in [0.5, 0.6) is 0 Å². The van der Waals surface area contributed by atoms with Gasteiger partial charge in [0.05, 0.1) is 13.2 Å². The highest BCUT2D eigenvalue weighted by Crippen LogP contribution is 2.43. The van der Waals surface area contributed by atoms with E-state index < -0.39 is 7.82 Å². The molecule has 0 radical (unpaired) electrons. The summed E-state index contributed by atoms with van der Waals surface area (Å²) in [5.74, 6) is 0. The molecule has 6 nitrogen and oxygen atoms in total. The Balaban J connectivity index is 3.49. The minimum Gasteiger partial charge on any atom is -0.299 e. The molecule has 80 valence electrons. The third kappa shape index (κ3) is 8.36. The summed E-state index contributed by atoms with van der Waals surface area (Å²) in [5, 5.41) is 0. The van der Waals surface area contributed by atoms with Gasteiger partial charge in [0.15, 0.2) is 0 Å². The lowest BCUT2D eigenvalue weighted by molar-refractivity contribution is -0.278. The van der Waals surface area contributed by atoms with Gasteiger partial charge in [0.1, 0.15) is 0 Å². The monoisotopic (exact) mass is 214 g/mol. The molecule has 0 heterocycles. The van der Waals surface area contributed by atoms with Crippen molar-refractivity contribution < 1.29 is 28.6 Å². The fourth-order valence-corrected chi connectivity index (χ4v) is 0.827. The Morgan fingerprint density at radius 2 is 1.46 bits per heavy atom. The van der Waals surface area contributed by atoms with Crippen LogP contribution in [-0.4, -0.2) is 18.1 Å². The van der Waals surface area contributed by atoms with Gasteiger partial charge in [-0.2, -0.15) is 0 Å². The SMILES string of the molecule is CCCOOP(=O)(O)OOCCC. The highest BCUT2D eigenvalue weighted by molar-refractivity contribution is 7.47. The summed E-state index contributed by atoms with van der Waals surface area (Å²) in [7, 11) is -4.20. The molecule has 0 fully saturated rings. The van der Waals surface area contributed by atoms with Crippen molar-refractivity contribution in [2.45, 2.75) is 26.7 Å². The lowest BCUT2D eigenvalue weighted by Gasteiger charge is -2.08. The van der Waals surface area contributed by atoms with Crippen molar-refractivity contribution in [2.75, 3.05) is 13.2 Å². The first-order valence-electron chi connectivity index (χ1n) is 4.07. The molecule has 0 bridgehead atoms. The van der Waals surface area contributed by atoms with Crippen LogP contribution in [0.3, 0.4) is 0 Å². The van der Waals surface area contributed by atoms with Crippen molar-refractivity contribution in [2.24, 2.45) is 0 Å². The molecule has 0 saturated carbocycles. The van der Waals surface area contributed by atoms with E-state index in [0.717, 1.165) is 0 Å². The van der Waals surface area contributed by atoms with Crippen molar-refractivity contribution in [1.82, 2.24) is 0 Å². The predicted molar refractivity (Wildman–Crippen MR) is 44.5 cm³/mol. The zero-order chi connectivity index (χ0) is 10.2. The van der Waals surface area contributed by atoms with Crippen molar-refractivity contribution in [3.8, 4) is 0 Å². The predicted octanol–water partition coefficient (Wildman–Crippen LogP) is 1.80. The molecule has 0 rings (SSSR count). The Hall–Kier alpha value is 0.0300. The minimum atomic E-state index is -4.20. The van der Waals surface area contributed by atoms with Gasteiger partial charge < -0.3 is 0 Å². The number of hydrogen-bond acceptors (Lipinski definition) is 5. The Kier molecular flexibility index (Phi) is 7.45. The summed E-state index contributed by atoms with van der Waals surface area (Å²) >= 11 is 0. The van der Waals surface area contributed by atoms with Gasteiger partial charge in [0, 0.05) is 0 Å². The maximum Gasteiger partial charge on any atom is 0.526 e. The molecule has 0 aromatic heterocycles. The van der Waals surface area contributed by atoms with Crippen molar-refractivity contribution in [1.29, 1.82) is 0 Å². The first-order chi connectivity index (χ1) is 6.12. The number of rotatable bonds is 8. The summed E-state index contributed by atoms with van der Waals surface area (Å²) in [6.07, 6.45) is 1.35. The van der Waals surface area contributed by atoms with E-state index in [1.807, 2.05) is 13.8 Å². The van der Waals surface area contributed by atoms with E-state index in [4.69, 9.17) is 4.89 Å². The molecular weight excluding hydrogens is 199 g/mol. The second-order valence-corrected chi connectivity index (χ2v) is 3.50. The summed E-state index contributed by atoms with van der Waals surface area (Å²) in [5.41, 5.74) is 0. The van der Waals surface area contributed by atoms with Crippen molar-refractivity contribution in [3.05, 3.63) is 0 Å². The standard InChI is InChI=1S/C6H15O6P/c1-3-5-9-11-13(7,8)12-10-6-4-2/h3-6H2,1-2H3,(H,7,8). The first-order valence-corrected chi connectivity index (χ1v) is 5.57. The summed E-state index contributed by atoms with van der Waals surface area (Å²) in [4.78, 5) is 17.5. The van der Waals surface area contributed by atoms with E-state index in [2.05, 4.69) is 19.1 Å². The highest BCUT2D eigenvalue weighted by atomic mass is 31.2. The van der Waals surface area contributed by atoms with Crippen LogP contribution in [0.25, 0.3) is 0 Å². The highest BCUT2D eigenvalue weighted by Gasteiger charge is 2.24. The smallest absolute Gasteiger partial charge is 0.299 e. The van der Waals surface area contributed by atoms with Crippen LogP contribution in [0, 0.1) is 0 Å². The largest absolute Gasteiger partial charge is 0.526 e.